The number of hydrogen-bond donors (Lipinski definition) is 1. The van der Waals surface area contributed by atoms with Gasteiger partial charge in [0.25, 0.3) is 0 Å². The van der Waals surface area contributed by atoms with Crippen molar-refractivity contribution < 1.29 is 18.0 Å². The second kappa shape index (κ2) is 5.85. The molecule has 100 valence electrons. The zero-order valence-electron chi connectivity index (χ0n) is 10.2. The third kappa shape index (κ3) is 4.30. The number of ketones is 1. The van der Waals surface area contributed by atoms with E-state index < -0.39 is 18.0 Å². The molecule has 2 nitrogen and oxygen atoms in total. The summed E-state index contributed by atoms with van der Waals surface area (Å²) in [5, 5.41) is 3.15. The summed E-state index contributed by atoms with van der Waals surface area (Å²) in [6.45, 7) is 3.44. The van der Waals surface area contributed by atoms with Gasteiger partial charge in [-0.3, -0.25) is 4.79 Å². The minimum absolute atomic E-state index is 0.196. The highest BCUT2D eigenvalue weighted by Crippen LogP contribution is 2.37. The molecule has 0 amide bonds. The van der Waals surface area contributed by atoms with E-state index in [1.807, 2.05) is 6.92 Å². The molecule has 0 spiro atoms. The van der Waals surface area contributed by atoms with Crippen molar-refractivity contribution >= 4 is 5.78 Å². The predicted molar refractivity (Wildman–Crippen MR) is 59.7 cm³/mol. The monoisotopic (exact) mass is 251 g/mol. The topological polar surface area (TPSA) is 29.1 Å². The first-order chi connectivity index (χ1) is 7.90. The molecular weight excluding hydrogens is 231 g/mol. The number of alkyl halides is 3. The van der Waals surface area contributed by atoms with E-state index >= 15 is 0 Å². The summed E-state index contributed by atoms with van der Waals surface area (Å²) in [5.41, 5.74) is -0.495. The highest BCUT2D eigenvalue weighted by molar-refractivity contribution is 5.85. The molecule has 5 heteroatoms. The highest BCUT2D eigenvalue weighted by atomic mass is 19.4. The summed E-state index contributed by atoms with van der Waals surface area (Å²) in [7, 11) is 0. The molecule has 17 heavy (non-hydrogen) atoms. The van der Waals surface area contributed by atoms with Gasteiger partial charge in [0.2, 0.25) is 0 Å². The average Bonchev–Trinajstić information content (AvgIpc) is 2.26. The largest absolute Gasteiger partial charge is 0.389 e. The second-order valence-corrected chi connectivity index (χ2v) is 4.82. The van der Waals surface area contributed by atoms with Crippen LogP contribution in [-0.2, 0) is 4.79 Å². The smallest absolute Gasteiger partial charge is 0.317 e. The average molecular weight is 251 g/mol. The minimum Gasteiger partial charge on any atom is -0.317 e. The van der Waals surface area contributed by atoms with Gasteiger partial charge in [-0.25, -0.2) is 0 Å². The molecule has 1 aliphatic rings. The lowest BCUT2D eigenvalue weighted by molar-refractivity contribution is -0.148. The summed E-state index contributed by atoms with van der Waals surface area (Å²) in [5.74, 6) is -0.196. The molecule has 1 heterocycles. The molecule has 0 unspecified atom stereocenters. The van der Waals surface area contributed by atoms with Crippen LogP contribution in [0.25, 0.3) is 0 Å². The van der Waals surface area contributed by atoms with Gasteiger partial charge in [0.05, 0.1) is 6.42 Å². The summed E-state index contributed by atoms with van der Waals surface area (Å²) < 4.78 is 36.4. The Morgan fingerprint density at radius 2 is 1.88 bits per heavy atom. The molecule has 1 N–H and O–H groups in total. The summed E-state index contributed by atoms with van der Waals surface area (Å²) in [6, 6.07) is 0. The van der Waals surface area contributed by atoms with Crippen LogP contribution in [0, 0.1) is 5.41 Å². The van der Waals surface area contributed by atoms with Gasteiger partial charge in [-0.1, -0.05) is 13.3 Å². The van der Waals surface area contributed by atoms with Crippen molar-refractivity contribution in [2.45, 2.75) is 51.6 Å². The Bertz CT molecular complexity index is 251. The fraction of sp³-hybridized carbons (Fsp3) is 0.917. The van der Waals surface area contributed by atoms with Crippen LogP contribution in [0.4, 0.5) is 13.2 Å². The number of nitrogens with one attached hydrogen (secondary N) is 1. The molecule has 0 saturated carbocycles. The van der Waals surface area contributed by atoms with E-state index in [1.54, 1.807) is 0 Å². The van der Waals surface area contributed by atoms with Crippen molar-refractivity contribution in [1.29, 1.82) is 0 Å². The number of hydrogen-bond acceptors (Lipinski definition) is 2. The maximum absolute atomic E-state index is 12.1. The van der Waals surface area contributed by atoms with Crippen LogP contribution in [0.3, 0.4) is 0 Å². The third-order valence-corrected chi connectivity index (χ3v) is 3.52. The molecule has 0 radical (unpaired) electrons. The minimum atomic E-state index is -4.23. The Kier molecular flexibility index (Phi) is 4.98. The van der Waals surface area contributed by atoms with Gasteiger partial charge in [0.15, 0.2) is 0 Å². The number of carbonyl (C=O) groups is 1. The lowest BCUT2D eigenvalue weighted by atomic mass is 9.71. The fourth-order valence-electron chi connectivity index (χ4n) is 2.57. The Hall–Kier alpha value is -0.580. The number of rotatable bonds is 5. The number of piperidine rings is 1. The number of halogens is 3. The van der Waals surface area contributed by atoms with Crippen LogP contribution in [-0.4, -0.2) is 25.0 Å². The van der Waals surface area contributed by atoms with Crippen molar-refractivity contribution in [3.8, 4) is 0 Å². The van der Waals surface area contributed by atoms with Gasteiger partial charge >= 0.3 is 6.18 Å². The zero-order valence-corrected chi connectivity index (χ0v) is 10.2. The summed E-state index contributed by atoms with van der Waals surface area (Å²) >= 11 is 0. The Morgan fingerprint density at radius 3 is 2.35 bits per heavy atom. The lowest BCUT2D eigenvalue weighted by Crippen LogP contribution is -2.42. The molecule has 0 bridgehead atoms. The molecule has 1 saturated heterocycles. The molecule has 1 aliphatic heterocycles. The van der Waals surface area contributed by atoms with E-state index in [2.05, 4.69) is 5.32 Å². The Morgan fingerprint density at radius 1 is 1.29 bits per heavy atom. The van der Waals surface area contributed by atoms with E-state index in [4.69, 9.17) is 0 Å². The SMILES string of the molecule is CCCC1(C(=O)CCC(F)(F)F)CCNCC1. The predicted octanol–water partition coefficient (Wildman–Crippen LogP) is 3.07. The maximum atomic E-state index is 12.1. The number of Topliss-reactive ketones (excluding diaryl/α,β-unsaturated/α-hetero) is 1. The standard InChI is InChI=1S/C12H20F3NO/c1-2-4-11(6-8-16-9-7-11)10(17)3-5-12(13,14)15/h16H,2-9H2,1H3. The molecule has 0 atom stereocenters. The van der Waals surface area contributed by atoms with Crippen LogP contribution >= 0.6 is 0 Å². The molecular formula is C12H20F3NO. The van der Waals surface area contributed by atoms with Gasteiger partial charge in [-0.2, -0.15) is 13.2 Å². The van der Waals surface area contributed by atoms with Gasteiger partial charge in [0.1, 0.15) is 5.78 Å². The van der Waals surface area contributed by atoms with Gasteiger partial charge < -0.3 is 5.32 Å². The van der Waals surface area contributed by atoms with E-state index in [1.165, 1.54) is 0 Å². The summed E-state index contributed by atoms with van der Waals surface area (Å²) in [4.78, 5) is 12.0. The van der Waals surface area contributed by atoms with Crippen molar-refractivity contribution in [3.05, 3.63) is 0 Å². The fourth-order valence-corrected chi connectivity index (χ4v) is 2.57. The van der Waals surface area contributed by atoms with Crippen LogP contribution in [0.15, 0.2) is 0 Å². The van der Waals surface area contributed by atoms with Crippen molar-refractivity contribution in [1.82, 2.24) is 5.32 Å². The van der Waals surface area contributed by atoms with Crippen LogP contribution in [0.2, 0.25) is 0 Å². The van der Waals surface area contributed by atoms with Gasteiger partial charge in [0, 0.05) is 11.8 Å². The first-order valence-corrected chi connectivity index (χ1v) is 6.20. The van der Waals surface area contributed by atoms with Crippen LogP contribution in [0.5, 0.6) is 0 Å². The first-order valence-electron chi connectivity index (χ1n) is 6.20. The molecule has 0 aliphatic carbocycles. The van der Waals surface area contributed by atoms with E-state index in [0.717, 1.165) is 19.5 Å². The first kappa shape index (κ1) is 14.5. The van der Waals surface area contributed by atoms with Gasteiger partial charge in [-0.15, -0.1) is 0 Å². The highest BCUT2D eigenvalue weighted by Gasteiger charge is 2.39. The van der Waals surface area contributed by atoms with Crippen molar-refractivity contribution in [2.75, 3.05) is 13.1 Å². The molecule has 0 aromatic rings. The van der Waals surface area contributed by atoms with E-state index in [9.17, 15) is 18.0 Å². The van der Waals surface area contributed by atoms with E-state index in [-0.39, 0.29) is 12.2 Å². The quantitative estimate of drug-likeness (QED) is 0.813. The third-order valence-electron chi connectivity index (χ3n) is 3.52. The Labute approximate surface area is 100.0 Å². The van der Waals surface area contributed by atoms with E-state index in [0.29, 0.717) is 19.3 Å². The zero-order chi connectivity index (χ0) is 12.9. The molecule has 0 aromatic heterocycles. The van der Waals surface area contributed by atoms with Gasteiger partial charge in [-0.05, 0) is 32.4 Å². The second-order valence-electron chi connectivity index (χ2n) is 4.82. The number of carbonyl (C=O) groups excluding carboxylic acids is 1. The van der Waals surface area contributed by atoms with Crippen LogP contribution < -0.4 is 5.32 Å². The Balaban J connectivity index is 2.60. The summed E-state index contributed by atoms with van der Waals surface area (Å²) in [6.07, 6.45) is -2.65. The lowest BCUT2D eigenvalue weighted by Gasteiger charge is -2.36. The van der Waals surface area contributed by atoms with Crippen molar-refractivity contribution in [2.24, 2.45) is 5.41 Å². The normalized spacial score (nSPS) is 20.2. The maximum Gasteiger partial charge on any atom is 0.389 e. The van der Waals surface area contributed by atoms with Crippen LogP contribution in [0.1, 0.15) is 45.4 Å². The molecule has 0 aromatic carbocycles. The molecule has 1 rings (SSSR count). The van der Waals surface area contributed by atoms with Crippen molar-refractivity contribution in [3.63, 3.8) is 0 Å². The molecule has 1 fully saturated rings.